The zero-order chi connectivity index (χ0) is 13.9. The number of carbonyl (C=O) groups excluding carboxylic acids is 2. The Hall–Kier alpha value is -1.84. The molecule has 3 rings (SSSR count). The third kappa shape index (κ3) is 2.55. The number of piperidine rings is 1. The van der Waals surface area contributed by atoms with Gasteiger partial charge in [-0.1, -0.05) is 30.3 Å². The number of benzene rings is 1. The predicted molar refractivity (Wildman–Crippen MR) is 73.7 cm³/mol. The maximum Gasteiger partial charge on any atom is 0.311 e. The van der Waals surface area contributed by atoms with E-state index in [0.717, 1.165) is 31.4 Å². The SMILES string of the molecule is O=C(OCc1ccccc1)[C@H]1CCCN2C(=O)CC[C@H]12. The molecule has 106 valence electrons. The van der Waals surface area contributed by atoms with Gasteiger partial charge in [0, 0.05) is 19.0 Å². The summed E-state index contributed by atoms with van der Waals surface area (Å²) >= 11 is 0. The minimum atomic E-state index is -0.154. The summed E-state index contributed by atoms with van der Waals surface area (Å²) in [4.78, 5) is 25.9. The third-order valence-corrected chi connectivity index (χ3v) is 4.28. The number of amides is 1. The van der Waals surface area contributed by atoms with Gasteiger partial charge in [0.2, 0.25) is 5.91 Å². The Morgan fingerprint density at radius 3 is 2.85 bits per heavy atom. The summed E-state index contributed by atoms with van der Waals surface area (Å²) in [5, 5.41) is 0. The Balaban J connectivity index is 1.61. The molecular weight excluding hydrogens is 254 g/mol. The molecule has 4 heteroatoms. The van der Waals surface area contributed by atoms with Crippen molar-refractivity contribution < 1.29 is 14.3 Å². The summed E-state index contributed by atoms with van der Waals surface area (Å²) in [5.74, 6) is -0.104. The minimum absolute atomic E-state index is 0.0690. The molecule has 2 atom stereocenters. The van der Waals surface area contributed by atoms with E-state index in [4.69, 9.17) is 4.74 Å². The molecule has 0 bridgehead atoms. The molecule has 2 heterocycles. The first kappa shape index (κ1) is 13.2. The maximum absolute atomic E-state index is 12.3. The molecule has 2 aliphatic heterocycles. The molecule has 1 amide bonds. The second-order valence-corrected chi connectivity index (χ2v) is 5.54. The van der Waals surface area contributed by atoms with Crippen molar-refractivity contribution >= 4 is 11.9 Å². The molecule has 2 aliphatic rings. The Bertz CT molecular complexity index is 500. The van der Waals surface area contributed by atoms with E-state index in [9.17, 15) is 9.59 Å². The zero-order valence-corrected chi connectivity index (χ0v) is 11.5. The van der Waals surface area contributed by atoms with Crippen LogP contribution in [0.3, 0.4) is 0 Å². The fourth-order valence-electron chi connectivity index (χ4n) is 3.25. The highest BCUT2D eigenvalue weighted by Crippen LogP contribution is 2.33. The molecule has 0 radical (unpaired) electrons. The van der Waals surface area contributed by atoms with E-state index in [0.29, 0.717) is 13.0 Å². The summed E-state index contributed by atoms with van der Waals surface area (Å²) in [5.41, 5.74) is 0.996. The number of rotatable bonds is 3. The van der Waals surface area contributed by atoms with Crippen LogP contribution in [0.4, 0.5) is 0 Å². The summed E-state index contributed by atoms with van der Waals surface area (Å²) < 4.78 is 5.43. The molecule has 20 heavy (non-hydrogen) atoms. The molecule has 4 nitrogen and oxygen atoms in total. The van der Waals surface area contributed by atoms with Crippen molar-refractivity contribution in [3.05, 3.63) is 35.9 Å². The normalized spacial score (nSPS) is 25.4. The first-order valence-electron chi connectivity index (χ1n) is 7.26. The number of esters is 1. The Kier molecular flexibility index (Phi) is 3.72. The van der Waals surface area contributed by atoms with Crippen LogP contribution < -0.4 is 0 Å². The predicted octanol–water partition coefficient (Wildman–Crippen LogP) is 2.13. The van der Waals surface area contributed by atoms with Crippen molar-refractivity contribution in [1.82, 2.24) is 4.90 Å². The smallest absolute Gasteiger partial charge is 0.311 e. The van der Waals surface area contributed by atoms with Gasteiger partial charge in [-0.15, -0.1) is 0 Å². The second-order valence-electron chi connectivity index (χ2n) is 5.54. The molecule has 0 N–H and O–H groups in total. The van der Waals surface area contributed by atoms with Crippen LogP contribution in [-0.4, -0.2) is 29.4 Å². The molecule has 0 spiro atoms. The van der Waals surface area contributed by atoms with Crippen molar-refractivity contribution in [1.29, 1.82) is 0 Å². The van der Waals surface area contributed by atoms with Gasteiger partial charge in [0.15, 0.2) is 0 Å². The van der Waals surface area contributed by atoms with Crippen molar-refractivity contribution in [3.63, 3.8) is 0 Å². The molecule has 0 saturated carbocycles. The monoisotopic (exact) mass is 273 g/mol. The Morgan fingerprint density at radius 1 is 1.25 bits per heavy atom. The summed E-state index contributed by atoms with van der Waals surface area (Å²) in [6, 6.07) is 9.76. The molecule has 1 aromatic rings. The molecule has 0 unspecified atom stereocenters. The lowest BCUT2D eigenvalue weighted by Gasteiger charge is -2.35. The number of carbonyl (C=O) groups is 2. The highest BCUT2D eigenvalue weighted by Gasteiger charge is 2.42. The fourth-order valence-corrected chi connectivity index (χ4v) is 3.25. The van der Waals surface area contributed by atoms with Gasteiger partial charge in [-0.25, -0.2) is 0 Å². The van der Waals surface area contributed by atoms with Gasteiger partial charge in [0.1, 0.15) is 6.61 Å². The number of hydrogen-bond donors (Lipinski definition) is 0. The van der Waals surface area contributed by atoms with Crippen LogP contribution in [0.5, 0.6) is 0 Å². The van der Waals surface area contributed by atoms with Crippen molar-refractivity contribution in [2.75, 3.05) is 6.54 Å². The quantitative estimate of drug-likeness (QED) is 0.793. The lowest BCUT2D eigenvalue weighted by atomic mass is 9.89. The number of ether oxygens (including phenoxy) is 1. The lowest BCUT2D eigenvalue weighted by molar-refractivity contribution is -0.154. The van der Waals surface area contributed by atoms with E-state index >= 15 is 0 Å². The number of hydrogen-bond acceptors (Lipinski definition) is 3. The summed E-state index contributed by atoms with van der Waals surface area (Å²) in [7, 11) is 0. The highest BCUT2D eigenvalue weighted by molar-refractivity contribution is 5.81. The standard InChI is InChI=1S/C16H19NO3/c18-15-9-8-14-13(7-4-10-17(14)15)16(19)20-11-12-5-2-1-3-6-12/h1-3,5-6,13-14H,4,7-11H2/t13-,14+/m0/s1. The Morgan fingerprint density at radius 2 is 2.05 bits per heavy atom. The number of fused-ring (bicyclic) bond motifs is 1. The van der Waals surface area contributed by atoms with Crippen molar-refractivity contribution in [2.45, 2.75) is 38.3 Å². The highest BCUT2D eigenvalue weighted by atomic mass is 16.5. The van der Waals surface area contributed by atoms with Gasteiger partial charge in [0.25, 0.3) is 0 Å². The molecule has 1 aromatic carbocycles. The van der Waals surface area contributed by atoms with Crippen molar-refractivity contribution in [2.24, 2.45) is 5.92 Å². The number of nitrogens with zero attached hydrogens (tertiary/aromatic N) is 1. The summed E-state index contributed by atoms with van der Waals surface area (Å²) in [6.07, 6.45) is 3.10. The zero-order valence-electron chi connectivity index (χ0n) is 11.5. The average molecular weight is 273 g/mol. The van der Waals surface area contributed by atoms with Crippen LogP contribution in [0.1, 0.15) is 31.2 Å². The van der Waals surface area contributed by atoms with Crippen LogP contribution in [0.2, 0.25) is 0 Å². The third-order valence-electron chi connectivity index (χ3n) is 4.28. The topological polar surface area (TPSA) is 46.6 Å². The van der Waals surface area contributed by atoms with E-state index in [1.807, 2.05) is 35.2 Å². The average Bonchev–Trinajstić information content (AvgIpc) is 2.87. The van der Waals surface area contributed by atoms with E-state index in [2.05, 4.69) is 0 Å². The fraction of sp³-hybridized carbons (Fsp3) is 0.500. The van der Waals surface area contributed by atoms with Gasteiger partial charge in [-0.3, -0.25) is 9.59 Å². The molecule has 0 aromatic heterocycles. The van der Waals surface area contributed by atoms with Crippen LogP contribution in [0.15, 0.2) is 30.3 Å². The summed E-state index contributed by atoms with van der Waals surface area (Å²) in [6.45, 7) is 1.11. The Labute approximate surface area is 118 Å². The molecule has 0 aliphatic carbocycles. The van der Waals surface area contributed by atoms with Crippen LogP contribution in [0.25, 0.3) is 0 Å². The van der Waals surface area contributed by atoms with Crippen LogP contribution in [0, 0.1) is 5.92 Å². The van der Waals surface area contributed by atoms with Gasteiger partial charge in [-0.2, -0.15) is 0 Å². The van der Waals surface area contributed by atoms with E-state index < -0.39 is 0 Å². The van der Waals surface area contributed by atoms with Gasteiger partial charge >= 0.3 is 5.97 Å². The first-order valence-corrected chi connectivity index (χ1v) is 7.26. The van der Waals surface area contributed by atoms with E-state index in [1.54, 1.807) is 0 Å². The largest absolute Gasteiger partial charge is 0.461 e. The molecule has 2 saturated heterocycles. The van der Waals surface area contributed by atoms with Gasteiger partial charge in [0.05, 0.1) is 5.92 Å². The molecule has 2 fully saturated rings. The van der Waals surface area contributed by atoms with Gasteiger partial charge < -0.3 is 9.64 Å². The molecular formula is C16H19NO3. The van der Waals surface area contributed by atoms with E-state index in [-0.39, 0.29) is 23.8 Å². The van der Waals surface area contributed by atoms with Crippen LogP contribution in [-0.2, 0) is 20.9 Å². The first-order chi connectivity index (χ1) is 9.75. The van der Waals surface area contributed by atoms with E-state index in [1.165, 1.54) is 0 Å². The maximum atomic E-state index is 12.3. The van der Waals surface area contributed by atoms with Crippen molar-refractivity contribution in [3.8, 4) is 0 Å². The van der Waals surface area contributed by atoms with Crippen LogP contribution >= 0.6 is 0 Å². The van der Waals surface area contributed by atoms with Gasteiger partial charge in [-0.05, 0) is 24.8 Å². The minimum Gasteiger partial charge on any atom is -0.461 e. The second kappa shape index (κ2) is 5.65. The lowest BCUT2D eigenvalue weighted by Crippen LogP contribution is -2.46.